The maximum absolute atomic E-state index is 10.1. The molecule has 0 amide bonds. The number of carbonyl (C=O) groups is 1. The maximum atomic E-state index is 10.1. The number of aldehydes is 1. The molecule has 13 heavy (non-hydrogen) atoms. The summed E-state index contributed by atoms with van der Waals surface area (Å²) in [6, 6.07) is 8.09. The molecule has 1 N–H and O–H groups in total. The summed E-state index contributed by atoms with van der Waals surface area (Å²) in [4.78, 5) is 11.3. The highest BCUT2D eigenvalue weighted by molar-refractivity contribution is 7.99. The molecular formula is C10H13NOS. The van der Waals surface area contributed by atoms with Gasteiger partial charge in [-0.05, 0) is 30.0 Å². The average molecular weight is 195 g/mol. The SMILES string of the molecule is CCSc1ccc(NCC=O)cc1. The van der Waals surface area contributed by atoms with Crippen LogP contribution in [0.1, 0.15) is 6.92 Å². The Labute approximate surface area is 82.7 Å². The number of thioether (sulfide) groups is 1. The predicted molar refractivity (Wildman–Crippen MR) is 57.4 cm³/mol. The molecule has 0 saturated heterocycles. The van der Waals surface area contributed by atoms with E-state index in [1.807, 2.05) is 23.9 Å². The van der Waals surface area contributed by atoms with Crippen LogP contribution < -0.4 is 5.32 Å². The van der Waals surface area contributed by atoms with E-state index in [0.29, 0.717) is 6.54 Å². The number of nitrogens with one attached hydrogen (secondary N) is 1. The Balaban J connectivity index is 2.53. The first-order valence-corrected chi connectivity index (χ1v) is 5.25. The van der Waals surface area contributed by atoms with Crippen LogP contribution in [-0.4, -0.2) is 18.6 Å². The van der Waals surface area contributed by atoms with Crippen LogP contribution in [0.15, 0.2) is 29.2 Å². The van der Waals surface area contributed by atoms with E-state index < -0.39 is 0 Å². The standard InChI is InChI=1S/C10H13NOS/c1-2-13-10-5-3-9(4-6-10)11-7-8-12/h3-6,8,11H,2,7H2,1H3. The fraction of sp³-hybridized carbons (Fsp3) is 0.300. The van der Waals surface area contributed by atoms with Crippen molar-refractivity contribution >= 4 is 23.7 Å². The second-order valence-corrected chi connectivity index (χ2v) is 3.84. The van der Waals surface area contributed by atoms with Crippen LogP contribution in [0.5, 0.6) is 0 Å². The van der Waals surface area contributed by atoms with Crippen molar-refractivity contribution in [3.63, 3.8) is 0 Å². The summed E-state index contributed by atoms with van der Waals surface area (Å²) in [6.07, 6.45) is 0.856. The largest absolute Gasteiger partial charge is 0.378 e. The number of rotatable bonds is 5. The minimum atomic E-state index is 0.375. The summed E-state index contributed by atoms with van der Waals surface area (Å²) in [5.41, 5.74) is 0.993. The van der Waals surface area contributed by atoms with Crippen molar-refractivity contribution in [2.45, 2.75) is 11.8 Å². The highest BCUT2D eigenvalue weighted by Crippen LogP contribution is 2.19. The van der Waals surface area contributed by atoms with Crippen LogP contribution in [0.4, 0.5) is 5.69 Å². The predicted octanol–water partition coefficient (Wildman–Crippen LogP) is 2.41. The Morgan fingerprint density at radius 1 is 1.38 bits per heavy atom. The van der Waals surface area contributed by atoms with Gasteiger partial charge in [-0.1, -0.05) is 6.92 Å². The molecule has 0 spiro atoms. The third-order valence-corrected chi connectivity index (χ3v) is 2.45. The Hall–Kier alpha value is -0.960. The highest BCUT2D eigenvalue weighted by atomic mass is 32.2. The van der Waals surface area contributed by atoms with Crippen LogP contribution in [0.3, 0.4) is 0 Å². The number of hydrogen-bond acceptors (Lipinski definition) is 3. The molecule has 1 rings (SSSR count). The fourth-order valence-electron chi connectivity index (χ4n) is 0.995. The monoisotopic (exact) mass is 195 g/mol. The number of anilines is 1. The Morgan fingerprint density at radius 3 is 2.62 bits per heavy atom. The van der Waals surface area contributed by atoms with Crippen LogP contribution in [0.25, 0.3) is 0 Å². The molecule has 0 aliphatic rings. The lowest BCUT2D eigenvalue weighted by Gasteiger charge is -2.03. The Kier molecular flexibility index (Phi) is 4.40. The first-order valence-electron chi connectivity index (χ1n) is 4.27. The highest BCUT2D eigenvalue weighted by Gasteiger charge is 1.92. The molecule has 0 fully saturated rings. The van der Waals surface area contributed by atoms with E-state index in [0.717, 1.165) is 17.7 Å². The summed E-state index contributed by atoms with van der Waals surface area (Å²) in [5.74, 6) is 1.08. The van der Waals surface area contributed by atoms with Crippen LogP contribution in [0, 0.1) is 0 Å². The second-order valence-electron chi connectivity index (χ2n) is 2.50. The van der Waals surface area contributed by atoms with Gasteiger partial charge in [0.25, 0.3) is 0 Å². The van der Waals surface area contributed by atoms with Gasteiger partial charge in [0.05, 0.1) is 6.54 Å². The molecule has 0 radical (unpaired) electrons. The van der Waals surface area contributed by atoms with Crippen LogP contribution in [-0.2, 0) is 4.79 Å². The summed E-state index contributed by atoms with van der Waals surface area (Å²) in [7, 11) is 0. The summed E-state index contributed by atoms with van der Waals surface area (Å²) in [5, 5.41) is 2.99. The van der Waals surface area contributed by atoms with Gasteiger partial charge in [0.2, 0.25) is 0 Å². The first-order chi connectivity index (χ1) is 6.36. The van der Waals surface area contributed by atoms with Crippen molar-refractivity contribution in [2.24, 2.45) is 0 Å². The van der Waals surface area contributed by atoms with E-state index >= 15 is 0 Å². The van der Waals surface area contributed by atoms with Gasteiger partial charge < -0.3 is 10.1 Å². The minimum Gasteiger partial charge on any atom is -0.378 e. The van der Waals surface area contributed by atoms with Crippen LogP contribution >= 0.6 is 11.8 Å². The topological polar surface area (TPSA) is 29.1 Å². The molecule has 3 heteroatoms. The van der Waals surface area contributed by atoms with Gasteiger partial charge in [0, 0.05) is 10.6 Å². The zero-order valence-corrected chi connectivity index (χ0v) is 8.43. The van der Waals surface area contributed by atoms with Gasteiger partial charge in [0.1, 0.15) is 6.29 Å². The van der Waals surface area contributed by atoms with E-state index in [9.17, 15) is 4.79 Å². The Morgan fingerprint density at radius 2 is 2.08 bits per heavy atom. The molecule has 2 nitrogen and oxygen atoms in total. The van der Waals surface area contributed by atoms with Crippen molar-refractivity contribution in [2.75, 3.05) is 17.6 Å². The van der Waals surface area contributed by atoms with E-state index in [2.05, 4.69) is 24.4 Å². The molecule has 70 valence electrons. The maximum Gasteiger partial charge on any atom is 0.139 e. The van der Waals surface area contributed by atoms with Crippen molar-refractivity contribution in [3.8, 4) is 0 Å². The Bertz CT molecular complexity index is 258. The van der Waals surface area contributed by atoms with Crippen molar-refractivity contribution in [3.05, 3.63) is 24.3 Å². The molecule has 0 bridgehead atoms. The zero-order valence-electron chi connectivity index (χ0n) is 7.62. The smallest absolute Gasteiger partial charge is 0.139 e. The molecule has 0 aliphatic heterocycles. The van der Waals surface area contributed by atoms with Gasteiger partial charge in [0.15, 0.2) is 0 Å². The number of benzene rings is 1. The lowest BCUT2D eigenvalue weighted by atomic mass is 10.3. The molecule has 1 aromatic carbocycles. The summed E-state index contributed by atoms with van der Waals surface area (Å²) in [6.45, 7) is 2.50. The van der Waals surface area contributed by atoms with Gasteiger partial charge in [-0.15, -0.1) is 11.8 Å². The summed E-state index contributed by atoms with van der Waals surface area (Å²) < 4.78 is 0. The molecule has 0 aliphatic carbocycles. The average Bonchev–Trinajstić information content (AvgIpc) is 2.17. The third-order valence-electron chi connectivity index (χ3n) is 1.55. The summed E-state index contributed by atoms with van der Waals surface area (Å²) >= 11 is 1.81. The van der Waals surface area contributed by atoms with Gasteiger partial charge >= 0.3 is 0 Å². The van der Waals surface area contributed by atoms with E-state index in [-0.39, 0.29) is 0 Å². The number of carbonyl (C=O) groups excluding carboxylic acids is 1. The normalized spacial score (nSPS) is 9.62. The molecular weight excluding hydrogens is 182 g/mol. The van der Waals surface area contributed by atoms with Crippen molar-refractivity contribution in [1.29, 1.82) is 0 Å². The third kappa shape index (κ3) is 3.51. The number of hydrogen-bond donors (Lipinski definition) is 1. The van der Waals surface area contributed by atoms with Gasteiger partial charge in [-0.2, -0.15) is 0 Å². The molecule has 0 saturated carbocycles. The molecule has 0 heterocycles. The molecule has 0 atom stereocenters. The minimum absolute atomic E-state index is 0.375. The van der Waals surface area contributed by atoms with E-state index in [1.165, 1.54) is 4.90 Å². The van der Waals surface area contributed by atoms with E-state index in [1.54, 1.807) is 0 Å². The molecule has 1 aromatic rings. The van der Waals surface area contributed by atoms with E-state index in [4.69, 9.17) is 0 Å². The zero-order chi connectivity index (χ0) is 9.52. The molecule has 0 aromatic heterocycles. The fourth-order valence-corrected chi connectivity index (χ4v) is 1.66. The van der Waals surface area contributed by atoms with Gasteiger partial charge in [-0.3, -0.25) is 0 Å². The quantitative estimate of drug-likeness (QED) is 0.578. The van der Waals surface area contributed by atoms with Crippen molar-refractivity contribution in [1.82, 2.24) is 0 Å². The van der Waals surface area contributed by atoms with Gasteiger partial charge in [-0.25, -0.2) is 0 Å². The van der Waals surface area contributed by atoms with Crippen molar-refractivity contribution < 1.29 is 4.79 Å². The lowest BCUT2D eigenvalue weighted by molar-refractivity contribution is -0.106. The first kappa shape index (κ1) is 10.1. The second kappa shape index (κ2) is 5.65. The molecule has 0 unspecified atom stereocenters. The lowest BCUT2D eigenvalue weighted by Crippen LogP contribution is -2.01. The van der Waals surface area contributed by atoms with Crippen LogP contribution in [0.2, 0.25) is 0 Å².